The van der Waals surface area contributed by atoms with Gasteiger partial charge in [0.25, 0.3) is 0 Å². The molecule has 0 rings (SSSR count). The molecule has 0 aromatic heterocycles. The molecular weight excluding hydrogens is 194 g/mol. The van der Waals surface area contributed by atoms with Gasteiger partial charge in [0.2, 0.25) is 0 Å². The number of esters is 1. The Kier molecular flexibility index (Phi) is 5.24. The van der Waals surface area contributed by atoms with Crippen LogP contribution in [0.4, 0.5) is 0 Å². The number of aliphatic hydroxyl groups excluding tert-OH is 1. The van der Waals surface area contributed by atoms with E-state index in [1.165, 1.54) is 7.11 Å². The Morgan fingerprint density at radius 2 is 1.80 bits per heavy atom. The molecule has 0 aliphatic carbocycles. The number of nitrogens with one attached hydrogen (secondary N) is 1. The van der Waals surface area contributed by atoms with Crippen molar-refractivity contribution in [1.29, 1.82) is 0 Å². The van der Waals surface area contributed by atoms with E-state index in [1.807, 2.05) is 27.7 Å². The van der Waals surface area contributed by atoms with Gasteiger partial charge in [0.05, 0.1) is 19.1 Å². The van der Waals surface area contributed by atoms with Crippen molar-refractivity contribution < 1.29 is 14.6 Å². The summed E-state index contributed by atoms with van der Waals surface area (Å²) in [5.41, 5.74) is -0.415. The number of carbonyl (C=O) groups excluding carboxylic acids is 1. The average molecular weight is 217 g/mol. The maximum absolute atomic E-state index is 11.3. The van der Waals surface area contributed by atoms with Gasteiger partial charge in [0.15, 0.2) is 0 Å². The van der Waals surface area contributed by atoms with Crippen LogP contribution in [-0.4, -0.2) is 35.9 Å². The van der Waals surface area contributed by atoms with Crippen molar-refractivity contribution in [2.75, 3.05) is 7.11 Å². The molecule has 4 nitrogen and oxygen atoms in total. The molecule has 0 radical (unpaired) electrons. The summed E-state index contributed by atoms with van der Waals surface area (Å²) in [6.07, 6.45) is -0.482. The summed E-state index contributed by atoms with van der Waals surface area (Å²) >= 11 is 0. The Bertz CT molecular complexity index is 214. The minimum Gasteiger partial charge on any atom is -0.469 e. The number of aliphatic hydroxyl groups is 1. The lowest BCUT2D eigenvalue weighted by molar-refractivity contribution is -0.145. The van der Waals surface area contributed by atoms with Gasteiger partial charge >= 0.3 is 5.97 Å². The highest BCUT2D eigenvalue weighted by Crippen LogP contribution is 2.13. The molecule has 0 saturated carbocycles. The summed E-state index contributed by atoms with van der Waals surface area (Å²) in [5, 5.41) is 12.7. The van der Waals surface area contributed by atoms with Crippen LogP contribution < -0.4 is 5.32 Å². The third kappa shape index (κ3) is 4.18. The molecule has 4 heteroatoms. The smallest absolute Gasteiger partial charge is 0.309 e. The van der Waals surface area contributed by atoms with Gasteiger partial charge < -0.3 is 15.2 Å². The molecule has 2 N–H and O–H groups in total. The molecule has 0 saturated heterocycles. The van der Waals surface area contributed by atoms with Crippen LogP contribution in [0.1, 0.15) is 34.6 Å². The Morgan fingerprint density at radius 1 is 1.33 bits per heavy atom. The monoisotopic (exact) mass is 217 g/mol. The van der Waals surface area contributed by atoms with Crippen molar-refractivity contribution in [2.45, 2.75) is 52.3 Å². The first-order valence-electron chi connectivity index (χ1n) is 5.26. The molecule has 0 aromatic carbocycles. The fourth-order valence-electron chi connectivity index (χ4n) is 1.22. The quantitative estimate of drug-likeness (QED) is 0.673. The Labute approximate surface area is 92.0 Å². The number of carbonyl (C=O) groups is 1. The molecule has 0 aliphatic rings. The molecular formula is C11H23NO3. The Morgan fingerprint density at radius 3 is 2.13 bits per heavy atom. The van der Waals surface area contributed by atoms with Crippen molar-refractivity contribution in [2.24, 2.45) is 5.92 Å². The van der Waals surface area contributed by atoms with Gasteiger partial charge in [0.1, 0.15) is 0 Å². The number of hydrogen-bond acceptors (Lipinski definition) is 4. The third-order valence-corrected chi connectivity index (χ3v) is 2.97. The number of hydrogen-bond donors (Lipinski definition) is 2. The first kappa shape index (κ1) is 14.4. The Balaban J connectivity index is 4.36. The molecule has 0 aliphatic heterocycles. The highest BCUT2D eigenvalue weighted by Gasteiger charge is 2.30. The minimum atomic E-state index is -0.482. The Hall–Kier alpha value is -0.610. The fraction of sp³-hybridized carbons (Fsp3) is 0.909. The fourth-order valence-corrected chi connectivity index (χ4v) is 1.22. The summed E-state index contributed by atoms with van der Waals surface area (Å²) < 4.78 is 4.67. The SMILES string of the molecule is COC(=O)C(C)C(C)NC(C)(C)C(C)O. The van der Waals surface area contributed by atoms with Gasteiger partial charge in [0, 0.05) is 11.6 Å². The predicted octanol–water partition coefficient (Wildman–Crippen LogP) is 0.933. The highest BCUT2D eigenvalue weighted by atomic mass is 16.5. The van der Waals surface area contributed by atoms with E-state index in [1.54, 1.807) is 6.92 Å². The predicted molar refractivity (Wildman–Crippen MR) is 59.5 cm³/mol. The van der Waals surface area contributed by atoms with E-state index in [4.69, 9.17) is 0 Å². The van der Waals surface area contributed by atoms with Crippen LogP contribution in [0.25, 0.3) is 0 Å². The van der Waals surface area contributed by atoms with E-state index in [9.17, 15) is 9.90 Å². The van der Waals surface area contributed by atoms with Gasteiger partial charge in [-0.2, -0.15) is 0 Å². The van der Waals surface area contributed by atoms with E-state index >= 15 is 0 Å². The van der Waals surface area contributed by atoms with Gasteiger partial charge in [-0.1, -0.05) is 6.92 Å². The lowest BCUT2D eigenvalue weighted by atomic mass is 9.94. The van der Waals surface area contributed by atoms with Gasteiger partial charge in [-0.25, -0.2) is 0 Å². The third-order valence-electron chi connectivity index (χ3n) is 2.97. The minimum absolute atomic E-state index is 0.0398. The second-order valence-corrected chi connectivity index (χ2v) is 4.64. The van der Waals surface area contributed by atoms with Gasteiger partial charge in [-0.3, -0.25) is 4.79 Å². The van der Waals surface area contributed by atoms with Crippen molar-refractivity contribution in [3.63, 3.8) is 0 Å². The average Bonchev–Trinajstić information content (AvgIpc) is 2.14. The van der Waals surface area contributed by atoms with E-state index in [0.29, 0.717) is 0 Å². The van der Waals surface area contributed by atoms with Gasteiger partial charge in [-0.05, 0) is 27.7 Å². The van der Waals surface area contributed by atoms with Crippen molar-refractivity contribution in [1.82, 2.24) is 5.32 Å². The summed E-state index contributed by atoms with van der Waals surface area (Å²) in [6, 6.07) is -0.0398. The second-order valence-electron chi connectivity index (χ2n) is 4.64. The van der Waals surface area contributed by atoms with Crippen molar-refractivity contribution in [3.05, 3.63) is 0 Å². The highest BCUT2D eigenvalue weighted by molar-refractivity contribution is 5.72. The number of methoxy groups -OCH3 is 1. The topological polar surface area (TPSA) is 58.6 Å². The zero-order valence-corrected chi connectivity index (χ0v) is 10.5. The molecule has 0 heterocycles. The number of ether oxygens (including phenoxy) is 1. The van der Waals surface area contributed by atoms with Crippen LogP contribution in [0.15, 0.2) is 0 Å². The van der Waals surface area contributed by atoms with Crippen LogP contribution >= 0.6 is 0 Å². The largest absolute Gasteiger partial charge is 0.469 e. The summed E-state index contributed by atoms with van der Waals surface area (Å²) in [7, 11) is 1.38. The maximum atomic E-state index is 11.3. The molecule has 0 amide bonds. The van der Waals surface area contributed by atoms with Crippen molar-refractivity contribution >= 4 is 5.97 Å². The molecule has 0 aromatic rings. The van der Waals surface area contributed by atoms with E-state index in [2.05, 4.69) is 10.1 Å². The van der Waals surface area contributed by atoms with E-state index in [-0.39, 0.29) is 17.9 Å². The van der Waals surface area contributed by atoms with E-state index < -0.39 is 11.6 Å². The molecule has 90 valence electrons. The lowest BCUT2D eigenvalue weighted by Gasteiger charge is -2.34. The first-order valence-corrected chi connectivity index (χ1v) is 5.26. The molecule has 0 bridgehead atoms. The van der Waals surface area contributed by atoms with Crippen LogP contribution in [0.3, 0.4) is 0 Å². The standard InChI is InChI=1S/C11H23NO3/c1-7(10(14)15-6)8(2)12-11(4,5)9(3)13/h7-9,12-13H,1-6H3. The zero-order valence-electron chi connectivity index (χ0n) is 10.5. The van der Waals surface area contributed by atoms with E-state index in [0.717, 1.165) is 0 Å². The van der Waals surface area contributed by atoms with Gasteiger partial charge in [-0.15, -0.1) is 0 Å². The first-order chi connectivity index (χ1) is 6.72. The number of rotatable bonds is 5. The summed E-state index contributed by atoms with van der Waals surface area (Å²) in [5.74, 6) is -0.468. The zero-order chi connectivity index (χ0) is 12.2. The molecule has 3 unspecified atom stereocenters. The van der Waals surface area contributed by atoms with Crippen LogP contribution in [0, 0.1) is 5.92 Å². The molecule has 0 fully saturated rings. The summed E-state index contributed by atoms with van der Waals surface area (Å²) in [4.78, 5) is 11.3. The van der Waals surface area contributed by atoms with Crippen LogP contribution in [0.5, 0.6) is 0 Å². The maximum Gasteiger partial charge on any atom is 0.309 e. The lowest BCUT2D eigenvalue weighted by Crippen LogP contribution is -2.54. The van der Waals surface area contributed by atoms with Crippen LogP contribution in [-0.2, 0) is 9.53 Å². The van der Waals surface area contributed by atoms with Crippen molar-refractivity contribution in [3.8, 4) is 0 Å². The molecule has 3 atom stereocenters. The van der Waals surface area contributed by atoms with Crippen LogP contribution in [0.2, 0.25) is 0 Å². The normalized spacial score (nSPS) is 18.1. The molecule has 15 heavy (non-hydrogen) atoms. The summed E-state index contributed by atoms with van der Waals surface area (Å²) in [6.45, 7) is 9.24. The molecule has 0 spiro atoms. The second kappa shape index (κ2) is 5.47.